The van der Waals surface area contributed by atoms with Gasteiger partial charge in [-0.2, -0.15) is 0 Å². The first kappa shape index (κ1) is 20.9. The van der Waals surface area contributed by atoms with Crippen molar-refractivity contribution in [2.75, 3.05) is 32.0 Å². The Morgan fingerprint density at radius 1 is 0.968 bits per heavy atom. The van der Waals surface area contributed by atoms with Crippen LogP contribution in [0.25, 0.3) is 11.1 Å². The van der Waals surface area contributed by atoms with Crippen molar-refractivity contribution in [3.05, 3.63) is 83.7 Å². The van der Waals surface area contributed by atoms with E-state index in [2.05, 4.69) is 22.0 Å². The monoisotopic (exact) mass is 413 g/mol. The quantitative estimate of drug-likeness (QED) is 0.405. The molecule has 0 spiro atoms. The van der Waals surface area contributed by atoms with Crippen molar-refractivity contribution >= 4 is 17.1 Å². The number of nitrogens with zero attached hydrogens (tertiary/aromatic N) is 2. The van der Waals surface area contributed by atoms with Crippen LogP contribution in [0.3, 0.4) is 0 Å². The second kappa shape index (κ2) is 9.64. The van der Waals surface area contributed by atoms with Gasteiger partial charge in [0, 0.05) is 55.3 Å². The summed E-state index contributed by atoms with van der Waals surface area (Å²) >= 11 is 0. The second-order valence-corrected chi connectivity index (χ2v) is 7.78. The Labute approximate surface area is 182 Å². The number of aromatic nitrogens is 1. The van der Waals surface area contributed by atoms with Crippen LogP contribution >= 0.6 is 0 Å². The molecule has 0 radical (unpaired) electrons. The van der Waals surface area contributed by atoms with Crippen LogP contribution in [0.1, 0.15) is 16.7 Å². The van der Waals surface area contributed by atoms with Gasteiger partial charge in [0.2, 0.25) is 0 Å². The highest BCUT2D eigenvalue weighted by atomic mass is 16.5. The van der Waals surface area contributed by atoms with E-state index in [1.807, 2.05) is 36.4 Å². The predicted molar refractivity (Wildman–Crippen MR) is 125 cm³/mol. The van der Waals surface area contributed by atoms with Crippen molar-refractivity contribution in [2.24, 2.45) is 0 Å². The van der Waals surface area contributed by atoms with Crippen LogP contribution in [0.2, 0.25) is 0 Å². The van der Waals surface area contributed by atoms with Crippen molar-refractivity contribution in [1.82, 2.24) is 9.88 Å². The Balaban J connectivity index is 1.48. The molecule has 0 atom stereocenters. The third kappa shape index (κ3) is 5.23. The number of ether oxygens (including phenoxy) is 1. The molecule has 3 aromatic rings. The molecule has 0 unspecified atom stereocenters. The predicted octanol–water partition coefficient (Wildman–Crippen LogP) is 3.79. The number of benzene rings is 2. The Morgan fingerprint density at radius 2 is 1.77 bits per heavy atom. The van der Waals surface area contributed by atoms with Crippen molar-refractivity contribution < 1.29 is 4.74 Å². The highest BCUT2D eigenvalue weighted by Crippen LogP contribution is 2.24. The van der Waals surface area contributed by atoms with Gasteiger partial charge in [-0.05, 0) is 34.9 Å². The van der Waals surface area contributed by atoms with Crippen LogP contribution in [-0.2, 0) is 17.7 Å². The smallest absolute Gasteiger partial charge is 0.0844 e. The highest BCUT2D eigenvalue weighted by Gasteiger charge is 2.15. The van der Waals surface area contributed by atoms with Crippen molar-refractivity contribution in [1.29, 1.82) is 10.8 Å². The Hall–Kier alpha value is -3.35. The molecule has 4 rings (SSSR count). The molecule has 6 heteroatoms. The van der Waals surface area contributed by atoms with E-state index in [-0.39, 0.29) is 11.4 Å². The number of morpholine rings is 1. The molecule has 1 aliphatic rings. The van der Waals surface area contributed by atoms with Crippen LogP contribution < -0.4 is 5.73 Å². The number of nitrogens with two attached hydrogens (primary N) is 1. The number of pyridine rings is 1. The fourth-order valence-corrected chi connectivity index (χ4v) is 3.80. The second-order valence-electron chi connectivity index (χ2n) is 7.78. The van der Waals surface area contributed by atoms with Crippen LogP contribution in [0.4, 0.5) is 5.69 Å². The fourth-order valence-electron chi connectivity index (χ4n) is 3.80. The molecule has 31 heavy (non-hydrogen) atoms. The highest BCUT2D eigenvalue weighted by molar-refractivity contribution is 6.47. The van der Waals surface area contributed by atoms with Crippen LogP contribution in [0, 0.1) is 10.8 Å². The molecule has 1 saturated heterocycles. The third-order valence-electron chi connectivity index (χ3n) is 5.50. The Morgan fingerprint density at radius 3 is 2.55 bits per heavy atom. The van der Waals surface area contributed by atoms with E-state index in [1.165, 1.54) is 5.56 Å². The molecule has 0 bridgehead atoms. The summed E-state index contributed by atoms with van der Waals surface area (Å²) in [7, 11) is 0. The van der Waals surface area contributed by atoms with E-state index in [4.69, 9.17) is 21.3 Å². The van der Waals surface area contributed by atoms with Crippen LogP contribution in [0.5, 0.6) is 0 Å². The third-order valence-corrected chi connectivity index (χ3v) is 5.50. The largest absolute Gasteiger partial charge is 0.398 e. The minimum absolute atomic E-state index is 0.154. The molecular weight excluding hydrogens is 386 g/mol. The molecule has 0 aliphatic carbocycles. The molecular formula is C25H27N5O. The van der Waals surface area contributed by atoms with Gasteiger partial charge in [-0.3, -0.25) is 15.3 Å². The van der Waals surface area contributed by atoms with Gasteiger partial charge in [-0.25, -0.2) is 0 Å². The normalized spacial score (nSPS) is 14.3. The summed E-state index contributed by atoms with van der Waals surface area (Å²) in [5.74, 6) is 0. The molecule has 2 heterocycles. The lowest BCUT2D eigenvalue weighted by Crippen LogP contribution is -2.35. The maximum absolute atomic E-state index is 8.60. The van der Waals surface area contributed by atoms with Gasteiger partial charge < -0.3 is 15.9 Å². The minimum atomic E-state index is 0.154. The standard InChI is InChI=1S/C25H27N5O/c26-23-7-6-20(21-5-2-8-29-16-21)15-22(23)25(28)24(27)14-18-3-1-4-19(13-18)17-30-9-11-31-12-10-30/h1-8,13,15-16,27-28H,9-12,14,17,26H2. The van der Waals surface area contributed by atoms with Gasteiger partial charge in [0.05, 0.1) is 24.6 Å². The molecule has 1 aliphatic heterocycles. The van der Waals surface area contributed by atoms with E-state index in [1.54, 1.807) is 18.5 Å². The summed E-state index contributed by atoms with van der Waals surface area (Å²) in [6, 6.07) is 17.7. The molecule has 2 aromatic carbocycles. The zero-order valence-corrected chi connectivity index (χ0v) is 17.5. The van der Waals surface area contributed by atoms with E-state index >= 15 is 0 Å². The first-order chi connectivity index (χ1) is 15.1. The number of hydrogen-bond acceptors (Lipinski definition) is 6. The zero-order valence-electron chi connectivity index (χ0n) is 17.5. The van der Waals surface area contributed by atoms with Gasteiger partial charge >= 0.3 is 0 Å². The molecule has 1 fully saturated rings. The van der Waals surface area contributed by atoms with E-state index in [9.17, 15) is 0 Å². The summed E-state index contributed by atoms with van der Waals surface area (Å²) in [6.45, 7) is 4.32. The first-order valence-corrected chi connectivity index (χ1v) is 10.4. The minimum Gasteiger partial charge on any atom is -0.398 e. The average molecular weight is 414 g/mol. The van der Waals surface area contributed by atoms with Crippen molar-refractivity contribution in [3.63, 3.8) is 0 Å². The average Bonchev–Trinajstić information content (AvgIpc) is 2.80. The van der Waals surface area contributed by atoms with Gasteiger partial charge in [-0.15, -0.1) is 0 Å². The maximum atomic E-state index is 8.60. The fraction of sp³-hybridized carbons (Fsp3) is 0.240. The van der Waals surface area contributed by atoms with E-state index in [0.717, 1.165) is 49.5 Å². The summed E-state index contributed by atoms with van der Waals surface area (Å²) in [5.41, 5.74) is 11.8. The van der Waals surface area contributed by atoms with Crippen molar-refractivity contribution in [3.8, 4) is 11.1 Å². The molecule has 6 nitrogen and oxygen atoms in total. The molecule has 158 valence electrons. The van der Waals surface area contributed by atoms with Crippen LogP contribution in [-0.4, -0.2) is 47.6 Å². The maximum Gasteiger partial charge on any atom is 0.0844 e. The van der Waals surface area contributed by atoms with Gasteiger partial charge in [0.1, 0.15) is 0 Å². The number of nitrogen functional groups attached to an aromatic ring is 1. The number of nitrogens with one attached hydrogen (secondary N) is 2. The zero-order chi connectivity index (χ0) is 21.6. The van der Waals surface area contributed by atoms with E-state index in [0.29, 0.717) is 17.7 Å². The van der Waals surface area contributed by atoms with E-state index < -0.39 is 0 Å². The molecule has 1 aromatic heterocycles. The molecule has 4 N–H and O–H groups in total. The number of anilines is 1. The summed E-state index contributed by atoms with van der Waals surface area (Å²) in [6.07, 6.45) is 3.91. The summed E-state index contributed by atoms with van der Waals surface area (Å²) < 4.78 is 5.42. The van der Waals surface area contributed by atoms with Crippen LogP contribution in [0.15, 0.2) is 67.0 Å². The number of rotatable bonds is 7. The lowest BCUT2D eigenvalue weighted by molar-refractivity contribution is 0.0342. The Kier molecular flexibility index (Phi) is 6.50. The lowest BCUT2D eigenvalue weighted by atomic mass is 9.95. The topological polar surface area (TPSA) is 99.1 Å². The molecule has 0 saturated carbocycles. The molecule has 0 amide bonds. The van der Waals surface area contributed by atoms with Crippen molar-refractivity contribution in [2.45, 2.75) is 13.0 Å². The van der Waals surface area contributed by atoms with Gasteiger partial charge in [0.15, 0.2) is 0 Å². The first-order valence-electron chi connectivity index (χ1n) is 10.4. The SMILES string of the molecule is N=C(Cc1cccc(CN2CCOCC2)c1)C(=N)c1cc(-c2cccnc2)ccc1N. The Bertz CT molecular complexity index is 1070. The lowest BCUT2D eigenvalue weighted by Gasteiger charge is -2.26. The summed E-state index contributed by atoms with van der Waals surface area (Å²) in [5, 5.41) is 17.1. The van der Waals surface area contributed by atoms with Gasteiger partial charge in [-0.1, -0.05) is 36.4 Å². The summed E-state index contributed by atoms with van der Waals surface area (Å²) in [4.78, 5) is 6.54. The number of hydrogen-bond donors (Lipinski definition) is 3. The van der Waals surface area contributed by atoms with Gasteiger partial charge in [0.25, 0.3) is 0 Å².